The lowest BCUT2D eigenvalue weighted by Crippen LogP contribution is -2.38. The predicted octanol–water partition coefficient (Wildman–Crippen LogP) is 1.42. The summed E-state index contributed by atoms with van der Waals surface area (Å²) in [4.78, 5) is 35.1. The van der Waals surface area contributed by atoms with Crippen molar-refractivity contribution >= 4 is 5.91 Å². The fourth-order valence-electron chi connectivity index (χ4n) is 4.96. The number of morpholine rings is 1. The number of likely N-dealkylation sites (N-methyl/N-ethyl adjacent to an activating group) is 1. The summed E-state index contributed by atoms with van der Waals surface area (Å²) >= 11 is 0. The van der Waals surface area contributed by atoms with Gasteiger partial charge in [-0.1, -0.05) is 36.1 Å². The summed E-state index contributed by atoms with van der Waals surface area (Å²) in [6, 6.07) is 15.9. The first kappa shape index (κ1) is 25.7. The first-order valence-corrected chi connectivity index (χ1v) is 12.7. The fraction of sp³-hybridized carbons (Fsp3) is 0.345. The van der Waals surface area contributed by atoms with Gasteiger partial charge in [-0.05, 0) is 42.4 Å². The van der Waals surface area contributed by atoms with Crippen molar-refractivity contribution in [2.24, 2.45) is 0 Å². The summed E-state index contributed by atoms with van der Waals surface area (Å²) in [6.07, 6.45) is 1.23. The molecule has 9 heteroatoms. The highest BCUT2D eigenvalue weighted by atomic mass is 16.5. The van der Waals surface area contributed by atoms with Crippen LogP contribution in [0.25, 0.3) is 0 Å². The molecule has 2 aliphatic heterocycles. The molecule has 2 fully saturated rings. The molecule has 9 nitrogen and oxygen atoms in total. The van der Waals surface area contributed by atoms with Crippen LogP contribution in [0.4, 0.5) is 0 Å². The van der Waals surface area contributed by atoms with E-state index in [2.05, 4.69) is 56.3 Å². The number of aromatic nitrogens is 2. The first-order chi connectivity index (χ1) is 18.5. The summed E-state index contributed by atoms with van der Waals surface area (Å²) in [6.45, 7) is 4.96. The van der Waals surface area contributed by atoms with Crippen LogP contribution in [-0.2, 0) is 22.6 Å². The van der Waals surface area contributed by atoms with Crippen LogP contribution in [-0.4, -0.2) is 76.7 Å². The number of ether oxygens (including phenoxy) is 1. The molecule has 0 spiro atoms. The van der Waals surface area contributed by atoms with Gasteiger partial charge in [0.25, 0.3) is 5.56 Å². The fourth-order valence-corrected chi connectivity index (χ4v) is 4.96. The Morgan fingerprint density at radius 3 is 2.34 bits per heavy atom. The highest BCUT2D eigenvalue weighted by Crippen LogP contribution is 2.30. The molecule has 2 saturated heterocycles. The smallest absolute Gasteiger partial charge is 0.293 e. The van der Waals surface area contributed by atoms with Crippen LogP contribution in [0.5, 0.6) is 5.75 Å². The predicted molar refractivity (Wildman–Crippen MR) is 142 cm³/mol. The Hall–Kier alpha value is -3.97. The third-order valence-corrected chi connectivity index (χ3v) is 7.11. The molecule has 38 heavy (non-hydrogen) atoms. The Labute approximate surface area is 221 Å². The van der Waals surface area contributed by atoms with Crippen LogP contribution in [0.1, 0.15) is 33.9 Å². The van der Waals surface area contributed by atoms with Gasteiger partial charge >= 0.3 is 0 Å². The molecular formula is C29H31N5O4. The lowest BCUT2D eigenvalue weighted by Gasteiger charge is -2.26. The number of aromatic amines is 1. The minimum absolute atomic E-state index is 0.0675. The van der Waals surface area contributed by atoms with E-state index in [0.717, 1.165) is 49.5 Å². The molecule has 3 aromatic rings. The molecule has 2 atom stereocenters. The van der Waals surface area contributed by atoms with Gasteiger partial charge in [-0.15, -0.1) is 0 Å². The third kappa shape index (κ3) is 5.78. The Kier molecular flexibility index (Phi) is 7.84. The van der Waals surface area contributed by atoms with E-state index in [1.807, 2.05) is 24.3 Å². The number of likely N-dealkylation sites (tertiary alicyclic amines) is 1. The van der Waals surface area contributed by atoms with Gasteiger partial charge in [-0.3, -0.25) is 14.5 Å². The van der Waals surface area contributed by atoms with Crippen molar-refractivity contribution in [1.29, 1.82) is 0 Å². The van der Waals surface area contributed by atoms with Crippen molar-refractivity contribution in [3.05, 3.63) is 93.2 Å². The monoisotopic (exact) mass is 513 g/mol. The summed E-state index contributed by atoms with van der Waals surface area (Å²) < 4.78 is 5.42. The van der Waals surface area contributed by atoms with Gasteiger partial charge in [0, 0.05) is 43.2 Å². The van der Waals surface area contributed by atoms with Gasteiger partial charge < -0.3 is 25.0 Å². The Bertz CT molecular complexity index is 1390. The molecule has 3 heterocycles. The van der Waals surface area contributed by atoms with Crippen molar-refractivity contribution in [2.75, 3.05) is 39.9 Å². The van der Waals surface area contributed by atoms with Crippen molar-refractivity contribution in [3.63, 3.8) is 0 Å². The molecule has 0 radical (unpaired) electrons. The second-order valence-electron chi connectivity index (χ2n) is 9.58. The minimum atomic E-state index is -0.621. The molecule has 0 saturated carbocycles. The second kappa shape index (κ2) is 11.6. The van der Waals surface area contributed by atoms with Crippen molar-refractivity contribution in [1.82, 2.24) is 25.1 Å². The van der Waals surface area contributed by atoms with Gasteiger partial charge in [0.2, 0.25) is 11.7 Å². The zero-order chi connectivity index (χ0) is 26.5. The molecule has 1 aromatic heterocycles. The van der Waals surface area contributed by atoms with Crippen LogP contribution in [0.2, 0.25) is 0 Å². The van der Waals surface area contributed by atoms with E-state index in [9.17, 15) is 14.7 Å². The number of carbonyl (C=O) groups is 1. The summed E-state index contributed by atoms with van der Waals surface area (Å²) in [5, 5.41) is 13.1. The average molecular weight is 514 g/mol. The van der Waals surface area contributed by atoms with E-state index < -0.39 is 17.4 Å². The number of nitrogens with zero attached hydrogens (tertiary/aromatic N) is 3. The summed E-state index contributed by atoms with van der Waals surface area (Å²) in [7, 11) is 1.76. The molecule has 0 aliphatic carbocycles. The molecule has 196 valence electrons. The van der Waals surface area contributed by atoms with Gasteiger partial charge in [0.1, 0.15) is 5.69 Å². The number of rotatable bonds is 6. The van der Waals surface area contributed by atoms with Crippen LogP contribution in [0.15, 0.2) is 59.7 Å². The SMILES string of the molecule is CNC1C(=O)N(Cc2nc[nH]c(=O)c2O)CC1c1ccc(C#Cc2ccc(CN3CCOCC3)cc2)cc1. The molecule has 2 aliphatic rings. The maximum absolute atomic E-state index is 13.0. The van der Waals surface area contributed by atoms with Crippen molar-refractivity contribution < 1.29 is 14.6 Å². The van der Waals surface area contributed by atoms with E-state index in [-0.39, 0.29) is 24.1 Å². The van der Waals surface area contributed by atoms with E-state index in [0.29, 0.717) is 6.54 Å². The molecule has 5 rings (SSSR count). The summed E-state index contributed by atoms with van der Waals surface area (Å²) in [5.74, 6) is 5.82. The van der Waals surface area contributed by atoms with Crippen LogP contribution < -0.4 is 10.9 Å². The van der Waals surface area contributed by atoms with E-state index in [4.69, 9.17) is 4.74 Å². The number of hydrogen-bond donors (Lipinski definition) is 3. The Morgan fingerprint density at radius 2 is 1.68 bits per heavy atom. The van der Waals surface area contributed by atoms with E-state index in [1.165, 1.54) is 11.9 Å². The highest BCUT2D eigenvalue weighted by molar-refractivity contribution is 5.85. The van der Waals surface area contributed by atoms with Gasteiger partial charge in [0.15, 0.2) is 0 Å². The maximum Gasteiger partial charge on any atom is 0.293 e. The maximum atomic E-state index is 13.0. The second-order valence-corrected chi connectivity index (χ2v) is 9.58. The lowest BCUT2D eigenvalue weighted by atomic mass is 9.93. The van der Waals surface area contributed by atoms with Crippen molar-refractivity contribution in [3.8, 4) is 17.6 Å². The molecule has 2 aromatic carbocycles. The molecule has 3 N–H and O–H groups in total. The number of amides is 1. The molecule has 0 bridgehead atoms. The molecule has 2 unspecified atom stereocenters. The number of H-pyrrole nitrogens is 1. The lowest BCUT2D eigenvalue weighted by molar-refractivity contribution is -0.129. The number of carbonyl (C=O) groups excluding carboxylic acids is 1. The average Bonchev–Trinajstić information content (AvgIpc) is 3.26. The molecular weight excluding hydrogens is 482 g/mol. The Balaban J connectivity index is 1.23. The number of aromatic hydroxyl groups is 1. The number of hydrogen-bond acceptors (Lipinski definition) is 7. The normalized spacial score (nSPS) is 19.8. The van der Waals surface area contributed by atoms with Crippen LogP contribution in [0, 0.1) is 11.8 Å². The van der Waals surface area contributed by atoms with Gasteiger partial charge in [-0.25, -0.2) is 4.98 Å². The summed E-state index contributed by atoms with van der Waals surface area (Å²) in [5.41, 5.74) is 3.70. The Morgan fingerprint density at radius 1 is 1.03 bits per heavy atom. The first-order valence-electron chi connectivity index (χ1n) is 12.7. The van der Waals surface area contributed by atoms with Gasteiger partial charge in [0.05, 0.1) is 32.1 Å². The number of benzene rings is 2. The zero-order valence-corrected chi connectivity index (χ0v) is 21.3. The van der Waals surface area contributed by atoms with Crippen LogP contribution >= 0.6 is 0 Å². The quantitative estimate of drug-likeness (QED) is 0.428. The zero-order valence-electron chi connectivity index (χ0n) is 21.3. The third-order valence-electron chi connectivity index (χ3n) is 7.11. The van der Waals surface area contributed by atoms with E-state index in [1.54, 1.807) is 11.9 Å². The number of nitrogens with one attached hydrogen (secondary N) is 2. The minimum Gasteiger partial charge on any atom is -0.502 e. The van der Waals surface area contributed by atoms with E-state index >= 15 is 0 Å². The molecule has 1 amide bonds. The van der Waals surface area contributed by atoms with Crippen LogP contribution in [0.3, 0.4) is 0 Å². The topological polar surface area (TPSA) is 111 Å². The standard InChI is InChI=1S/C29H31N5O4/c1-30-26-24(17-34(29(26)37)18-25-27(35)28(36)32-19-31-25)23-10-8-21(9-11-23)3-2-20-4-6-22(7-5-20)16-33-12-14-38-15-13-33/h4-11,19,24,26,30,35H,12-18H2,1H3,(H,31,32,36). The van der Waals surface area contributed by atoms with Gasteiger partial charge in [-0.2, -0.15) is 0 Å². The van der Waals surface area contributed by atoms with Crippen molar-refractivity contribution in [2.45, 2.75) is 25.0 Å². The highest BCUT2D eigenvalue weighted by Gasteiger charge is 2.40. The largest absolute Gasteiger partial charge is 0.502 e.